The molecule has 0 saturated heterocycles. The molecule has 2 amide bonds. The number of carboxylic acids is 1. The third-order valence-corrected chi connectivity index (χ3v) is 4.25. The van der Waals surface area contributed by atoms with Crippen LogP contribution in [0.1, 0.15) is 39.0 Å². The fraction of sp³-hybridized carbons (Fsp3) is 0.833. The van der Waals surface area contributed by atoms with E-state index in [1.54, 1.807) is 6.92 Å². The zero-order chi connectivity index (χ0) is 13.5. The van der Waals surface area contributed by atoms with Crippen LogP contribution < -0.4 is 10.6 Å². The van der Waals surface area contributed by atoms with Crippen LogP contribution >= 0.6 is 11.8 Å². The Kier molecular flexibility index (Phi) is 6.32. The summed E-state index contributed by atoms with van der Waals surface area (Å²) in [4.78, 5) is 22.2. The number of hydrogen-bond acceptors (Lipinski definition) is 3. The fourth-order valence-electron chi connectivity index (χ4n) is 2.25. The smallest absolute Gasteiger partial charge is 0.315 e. The van der Waals surface area contributed by atoms with Gasteiger partial charge < -0.3 is 15.7 Å². The van der Waals surface area contributed by atoms with Gasteiger partial charge in [-0.25, -0.2) is 4.79 Å². The summed E-state index contributed by atoms with van der Waals surface area (Å²) in [6.07, 6.45) is 6.42. The molecule has 0 radical (unpaired) electrons. The van der Waals surface area contributed by atoms with Crippen LogP contribution in [0.3, 0.4) is 0 Å². The molecule has 1 fully saturated rings. The Bertz CT molecular complexity index is 299. The van der Waals surface area contributed by atoms with Crippen LogP contribution in [0.5, 0.6) is 0 Å². The number of carboxylic acid groups (broad SMARTS) is 1. The predicted octanol–water partition coefficient (Wildman–Crippen LogP) is 1.82. The van der Waals surface area contributed by atoms with Gasteiger partial charge in [0, 0.05) is 17.3 Å². The Morgan fingerprint density at radius 2 is 2.17 bits per heavy atom. The predicted molar refractivity (Wildman–Crippen MR) is 72.9 cm³/mol. The molecule has 3 atom stereocenters. The van der Waals surface area contributed by atoms with E-state index < -0.39 is 5.97 Å². The molecule has 3 N–H and O–H groups in total. The molecule has 1 saturated carbocycles. The van der Waals surface area contributed by atoms with E-state index in [0.717, 1.165) is 19.3 Å². The number of carbonyl (C=O) groups is 2. The van der Waals surface area contributed by atoms with Crippen LogP contribution in [0.2, 0.25) is 0 Å². The van der Waals surface area contributed by atoms with Crippen molar-refractivity contribution in [2.45, 2.75) is 56.4 Å². The largest absolute Gasteiger partial charge is 0.481 e. The number of hydrogen-bond donors (Lipinski definition) is 3. The van der Waals surface area contributed by atoms with E-state index in [9.17, 15) is 9.59 Å². The van der Waals surface area contributed by atoms with Gasteiger partial charge in [0.05, 0.1) is 6.42 Å². The van der Waals surface area contributed by atoms with Gasteiger partial charge in [-0.1, -0.05) is 6.42 Å². The Morgan fingerprint density at radius 3 is 2.78 bits per heavy atom. The van der Waals surface area contributed by atoms with Gasteiger partial charge in [-0.05, 0) is 32.4 Å². The van der Waals surface area contributed by atoms with Gasteiger partial charge >= 0.3 is 12.0 Å². The summed E-state index contributed by atoms with van der Waals surface area (Å²) in [5, 5.41) is 14.8. The molecule has 0 bridgehead atoms. The lowest BCUT2D eigenvalue weighted by Crippen LogP contribution is -2.47. The van der Waals surface area contributed by atoms with Gasteiger partial charge in [-0.3, -0.25) is 4.79 Å². The molecule has 3 unspecified atom stereocenters. The molecule has 5 nitrogen and oxygen atoms in total. The number of amides is 2. The number of urea groups is 1. The summed E-state index contributed by atoms with van der Waals surface area (Å²) < 4.78 is 0. The van der Waals surface area contributed by atoms with E-state index in [4.69, 9.17) is 5.11 Å². The first-order valence-corrected chi connectivity index (χ1v) is 7.61. The Morgan fingerprint density at radius 1 is 1.44 bits per heavy atom. The molecule has 0 aromatic carbocycles. The van der Waals surface area contributed by atoms with Crippen molar-refractivity contribution in [1.29, 1.82) is 0 Å². The van der Waals surface area contributed by atoms with Crippen LogP contribution in [0.15, 0.2) is 0 Å². The summed E-state index contributed by atoms with van der Waals surface area (Å²) in [6.45, 7) is 1.69. The molecule has 6 heteroatoms. The highest BCUT2D eigenvalue weighted by molar-refractivity contribution is 7.99. The maximum absolute atomic E-state index is 11.7. The van der Waals surface area contributed by atoms with Crippen LogP contribution in [0, 0.1) is 0 Å². The van der Waals surface area contributed by atoms with Gasteiger partial charge in [0.1, 0.15) is 0 Å². The van der Waals surface area contributed by atoms with Gasteiger partial charge in [0.25, 0.3) is 0 Å². The minimum Gasteiger partial charge on any atom is -0.481 e. The van der Waals surface area contributed by atoms with Crippen LogP contribution in [-0.4, -0.2) is 40.7 Å². The van der Waals surface area contributed by atoms with E-state index in [1.807, 2.05) is 11.8 Å². The highest BCUT2D eigenvalue weighted by atomic mass is 32.2. The molecule has 0 aromatic heterocycles. The highest BCUT2D eigenvalue weighted by Crippen LogP contribution is 2.26. The highest BCUT2D eigenvalue weighted by Gasteiger charge is 2.23. The van der Waals surface area contributed by atoms with Crippen molar-refractivity contribution in [2.24, 2.45) is 0 Å². The van der Waals surface area contributed by atoms with Crippen molar-refractivity contribution in [1.82, 2.24) is 10.6 Å². The topological polar surface area (TPSA) is 78.4 Å². The summed E-state index contributed by atoms with van der Waals surface area (Å²) in [5.41, 5.74) is 0. The summed E-state index contributed by atoms with van der Waals surface area (Å²) in [6, 6.07) is -0.383. The number of thioether (sulfide) groups is 1. The molecule has 0 aliphatic heterocycles. The van der Waals surface area contributed by atoms with Gasteiger partial charge in [0.15, 0.2) is 0 Å². The second kappa shape index (κ2) is 7.51. The van der Waals surface area contributed by atoms with Crippen molar-refractivity contribution in [3.05, 3.63) is 0 Å². The Hall–Kier alpha value is -0.910. The van der Waals surface area contributed by atoms with E-state index in [-0.39, 0.29) is 24.5 Å². The number of rotatable bonds is 5. The second-order valence-electron chi connectivity index (χ2n) is 4.84. The Labute approximate surface area is 112 Å². The monoisotopic (exact) mass is 274 g/mol. The maximum atomic E-state index is 11.7. The second-order valence-corrected chi connectivity index (χ2v) is 5.98. The van der Waals surface area contributed by atoms with E-state index in [2.05, 4.69) is 16.9 Å². The third-order valence-electron chi connectivity index (χ3n) is 3.15. The number of nitrogens with one attached hydrogen (secondary N) is 2. The molecular formula is C12H22N2O3S. The SMILES string of the molecule is CSC1CCCC(NC(=O)NC(C)CC(=O)O)C1. The van der Waals surface area contributed by atoms with Gasteiger partial charge in [-0.15, -0.1) is 0 Å². The standard InChI is InChI=1S/C12H22N2O3S/c1-8(6-11(15)16)13-12(17)14-9-4-3-5-10(7-9)18-2/h8-10H,3-7H2,1-2H3,(H,15,16)(H2,13,14,17). The van der Waals surface area contributed by atoms with Crippen molar-refractivity contribution in [3.8, 4) is 0 Å². The van der Waals surface area contributed by atoms with Crippen LogP contribution in [-0.2, 0) is 4.79 Å². The van der Waals surface area contributed by atoms with Crippen molar-refractivity contribution in [3.63, 3.8) is 0 Å². The molecule has 1 rings (SSSR count). The third kappa shape index (κ3) is 5.62. The normalized spacial score (nSPS) is 25.2. The lowest BCUT2D eigenvalue weighted by atomic mass is 9.95. The zero-order valence-corrected chi connectivity index (χ0v) is 11.8. The van der Waals surface area contributed by atoms with Crippen LogP contribution in [0.25, 0.3) is 0 Å². The molecule has 0 aromatic rings. The van der Waals surface area contributed by atoms with E-state index >= 15 is 0 Å². The van der Waals surface area contributed by atoms with Crippen molar-refractivity contribution < 1.29 is 14.7 Å². The minimum absolute atomic E-state index is 0.0501. The lowest BCUT2D eigenvalue weighted by Gasteiger charge is -2.29. The molecule has 0 heterocycles. The molecule has 1 aliphatic carbocycles. The summed E-state index contributed by atoms with van der Waals surface area (Å²) in [5.74, 6) is -0.900. The molecule has 0 spiro atoms. The molecule has 1 aliphatic rings. The van der Waals surface area contributed by atoms with Crippen molar-refractivity contribution in [2.75, 3.05) is 6.26 Å². The average molecular weight is 274 g/mol. The van der Waals surface area contributed by atoms with E-state index in [1.165, 1.54) is 6.42 Å². The number of aliphatic carboxylic acids is 1. The first kappa shape index (κ1) is 15.1. The first-order valence-electron chi connectivity index (χ1n) is 6.33. The first-order chi connectivity index (χ1) is 8.51. The summed E-state index contributed by atoms with van der Waals surface area (Å²) in [7, 11) is 0. The minimum atomic E-state index is -0.900. The van der Waals surface area contributed by atoms with E-state index in [0.29, 0.717) is 5.25 Å². The van der Waals surface area contributed by atoms with Gasteiger partial charge in [-0.2, -0.15) is 11.8 Å². The maximum Gasteiger partial charge on any atom is 0.315 e. The zero-order valence-electron chi connectivity index (χ0n) is 10.9. The molecule has 18 heavy (non-hydrogen) atoms. The average Bonchev–Trinajstić information content (AvgIpc) is 2.27. The number of carbonyl (C=O) groups excluding carboxylic acids is 1. The lowest BCUT2D eigenvalue weighted by molar-refractivity contribution is -0.137. The van der Waals surface area contributed by atoms with Crippen LogP contribution in [0.4, 0.5) is 4.79 Å². The van der Waals surface area contributed by atoms with Crippen molar-refractivity contribution >= 4 is 23.8 Å². The van der Waals surface area contributed by atoms with Gasteiger partial charge in [0.2, 0.25) is 0 Å². The Balaban J connectivity index is 2.28. The molecular weight excluding hydrogens is 252 g/mol. The molecule has 104 valence electrons. The quantitative estimate of drug-likeness (QED) is 0.714. The summed E-state index contributed by atoms with van der Waals surface area (Å²) >= 11 is 1.85. The fourth-order valence-corrected chi connectivity index (χ4v) is 3.08.